The molecular weight excluding hydrogens is 210 g/mol. The summed E-state index contributed by atoms with van der Waals surface area (Å²) in [6.45, 7) is 4.70. The number of rotatable bonds is 6. The summed E-state index contributed by atoms with van der Waals surface area (Å²) >= 11 is 0. The van der Waals surface area contributed by atoms with E-state index in [0.29, 0.717) is 13.1 Å². The van der Waals surface area contributed by atoms with Gasteiger partial charge in [-0.3, -0.25) is 0 Å². The van der Waals surface area contributed by atoms with Crippen molar-refractivity contribution < 1.29 is 14.7 Å². The number of amides is 2. The third-order valence-corrected chi connectivity index (χ3v) is 2.06. The molecule has 3 N–H and O–H groups in total. The molecule has 0 rings (SSSR count). The van der Waals surface area contributed by atoms with E-state index in [-0.39, 0.29) is 5.92 Å². The maximum absolute atomic E-state index is 11.3. The Morgan fingerprint density at radius 1 is 1.31 bits per heavy atom. The molecule has 0 spiro atoms. The number of aliphatic carboxylic acids is 1. The van der Waals surface area contributed by atoms with Gasteiger partial charge in [0.1, 0.15) is 6.04 Å². The summed E-state index contributed by atoms with van der Waals surface area (Å²) < 4.78 is 0. The van der Waals surface area contributed by atoms with Crippen LogP contribution in [0.3, 0.4) is 0 Å². The summed E-state index contributed by atoms with van der Waals surface area (Å²) in [6, 6.07) is -1.29. The molecule has 94 valence electrons. The molecular formula is C10H21N3O3. The van der Waals surface area contributed by atoms with E-state index in [1.807, 2.05) is 19.0 Å². The Balaban J connectivity index is 3.97. The molecule has 0 heterocycles. The molecule has 0 saturated heterocycles. The lowest BCUT2D eigenvalue weighted by Crippen LogP contribution is -2.49. The molecule has 1 atom stereocenters. The molecule has 0 aliphatic carbocycles. The predicted octanol–water partition coefficient (Wildman–Crippen LogP) is -0.0436. The number of carbonyl (C=O) groups excluding carboxylic acids is 1. The average Bonchev–Trinajstić information content (AvgIpc) is 2.12. The fourth-order valence-corrected chi connectivity index (χ4v) is 1.10. The summed E-state index contributed by atoms with van der Waals surface area (Å²) in [5.41, 5.74) is 0. The Hall–Kier alpha value is -1.30. The number of carboxylic acids is 1. The Morgan fingerprint density at radius 3 is 2.25 bits per heavy atom. The van der Waals surface area contributed by atoms with Crippen LogP contribution in [0, 0.1) is 5.92 Å². The van der Waals surface area contributed by atoms with Crippen molar-refractivity contribution in [1.29, 1.82) is 0 Å². The molecule has 0 aromatic rings. The molecule has 0 aliphatic heterocycles. The number of carboxylic acid groups (broad SMARTS) is 1. The topological polar surface area (TPSA) is 81.7 Å². The number of nitrogens with zero attached hydrogens (tertiary/aromatic N) is 1. The van der Waals surface area contributed by atoms with Crippen LogP contribution in [-0.2, 0) is 4.79 Å². The van der Waals surface area contributed by atoms with E-state index in [0.717, 1.165) is 0 Å². The van der Waals surface area contributed by atoms with Gasteiger partial charge in [-0.25, -0.2) is 9.59 Å². The van der Waals surface area contributed by atoms with Crippen LogP contribution in [0.25, 0.3) is 0 Å². The second-order valence-electron chi connectivity index (χ2n) is 4.26. The monoisotopic (exact) mass is 231 g/mol. The van der Waals surface area contributed by atoms with Gasteiger partial charge in [0.05, 0.1) is 0 Å². The van der Waals surface area contributed by atoms with Gasteiger partial charge in [-0.15, -0.1) is 0 Å². The molecule has 0 aliphatic rings. The third-order valence-electron chi connectivity index (χ3n) is 2.06. The van der Waals surface area contributed by atoms with Crippen molar-refractivity contribution in [2.24, 2.45) is 5.92 Å². The van der Waals surface area contributed by atoms with Crippen molar-refractivity contribution in [3.05, 3.63) is 0 Å². The second kappa shape index (κ2) is 7.05. The lowest BCUT2D eigenvalue weighted by molar-refractivity contribution is -0.140. The molecule has 0 saturated carbocycles. The highest BCUT2D eigenvalue weighted by Gasteiger charge is 2.22. The second-order valence-corrected chi connectivity index (χ2v) is 4.26. The van der Waals surface area contributed by atoms with E-state index < -0.39 is 18.0 Å². The predicted molar refractivity (Wildman–Crippen MR) is 61.4 cm³/mol. The summed E-state index contributed by atoms with van der Waals surface area (Å²) in [6.07, 6.45) is 0. The molecule has 0 radical (unpaired) electrons. The lowest BCUT2D eigenvalue weighted by atomic mass is 10.1. The Morgan fingerprint density at radius 2 is 1.88 bits per heavy atom. The minimum absolute atomic E-state index is 0.142. The third kappa shape index (κ3) is 6.23. The van der Waals surface area contributed by atoms with Gasteiger partial charge in [0.25, 0.3) is 0 Å². The first-order valence-corrected chi connectivity index (χ1v) is 5.26. The molecule has 0 unspecified atom stereocenters. The summed E-state index contributed by atoms with van der Waals surface area (Å²) in [5.74, 6) is -1.16. The van der Waals surface area contributed by atoms with E-state index in [2.05, 4.69) is 10.6 Å². The van der Waals surface area contributed by atoms with Gasteiger partial charge in [-0.1, -0.05) is 13.8 Å². The van der Waals surface area contributed by atoms with Crippen molar-refractivity contribution in [3.8, 4) is 0 Å². The van der Waals surface area contributed by atoms with Crippen LogP contribution in [0.1, 0.15) is 13.8 Å². The summed E-state index contributed by atoms with van der Waals surface area (Å²) in [4.78, 5) is 24.1. The molecule has 2 amide bonds. The standard InChI is InChI=1S/C10H21N3O3/c1-7(2)8(9(14)15)12-10(16)11-5-6-13(3)4/h7-8H,5-6H2,1-4H3,(H,14,15)(H2,11,12,16)/t8-/m0/s1. The van der Waals surface area contributed by atoms with Crippen molar-refractivity contribution in [2.75, 3.05) is 27.2 Å². The van der Waals surface area contributed by atoms with E-state index in [1.165, 1.54) is 0 Å². The number of likely N-dealkylation sites (N-methyl/N-ethyl adjacent to an activating group) is 1. The minimum Gasteiger partial charge on any atom is -0.480 e. The van der Waals surface area contributed by atoms with Crippen LogP contribution in [0.2, 0.25) is 0 Å². The normalized spacial score (nSPS) is 12.6. The zero-order valence-corrected chi connectivity index (χ0v) is 10.3. The summed E-state index contributed by atoms with van der Waals surface area (Å²) in [7, 11) is 3.79. The average molecular weight is 231 g/mol. The van der Waals surface area contributed by atoms with Crippen LogP contribution in [0.15, 0.2) is 0 Å². The maximum Gasteiger partial charge on any atom is 0.326 e. The quantitative estimate of drug-likeness (QED) is 0.599. The first-order chi connectivity index (χ1) is 7.34. The maximum atomic E-state index is 11.3. The van der Waals surface area contributed by atoms with Gasteiger partial charge in [-0.2, -0.15) is 0 Å². The van der Waals surface area contributed by atoms with Gasteiger partial charge in [0.2, 0.25) is 0 Å². The number of hydrogen-bond acceptors (Lipinski definition) is 3. The van der Waals surface area contributed by atoms with Crippen LogP contribution >= 0.6 is 0 Å². The van der Waals surface area contributed by atoms with Gasteiger partial charge in [0.15, 0.2) is 0 Å². The highest BCUT2D eigenvalue weighted by molar-refractivity contribution is 5.82. The van der Waals surface area contributed by atoms with Gasteiger partial charge >= 0.3 is 12.0 Å². The van der Waals surface area contributed by atoms with Crippen LogP contribution < -0.4 is 10.6 Å². The Kier molecular flexibility index (Phi) is 6.48. The lowest BCUT2D eigenvalue weighted by Gasteiger charge is -2.18. The minimum atomic E-state index is -1.02. The van der Waals surface area contributed by atoms with E-state index in [9.17, 15) is 9.59 Å². The van der Waals surface area contributed by atoms with Gasteiger partial charge < -0.3 is 20.6 Å². The van der Waals surface area contributed by atoms with E-state index >= 15 is 0 Å². The van der Waals surface area contributed by atoms with Crippen molar-refractivity contribution in [2.45, 2.75) is 19.9 Å². The van der Waals surface area contributed by atoms with E-state index in [1.54, 1.807) is 13.8 Å². The first kappa shape index (κ1) is 14.7. The molecule has 0 bridgehead atoms. The Labute approximate surface area is 96.0 Å². The fraction of sp³-hybridized carbons (Fsp3) is 0.800. The van der Waals surface area contributed by atoms with Crippen molar-refractivity contribution >= 4 is 12.0 Å². The molecule has 0 aromatic heterocycles. The van der Waals surface area contributed by atoms with Gasteiger partial charge in [-0.05, 0) is 20.0 Å². The fourth-order valence-electron chi connectivity index (χ4n) is 1.10. The number of urea groups is 1. The molecule has 0 fully saturated rings. The van der Waals surface area contributed by atoms with Crippen LogP contribution in [0.4, 0.5) is 4.79 Å². The molecule has 6 heteroatoms. The van der Waals surface area contributed by atoms with Crippen LogP contribution in [0.5, 0.6) is 0 Å². The Bertz CT molecular complexity index is 241. The van der Waals surface area contributed by atoms with Crippen molar-refractivity contribution in [3.63, 3.8) is 0 Å². The van der Waals surface area contributed by atoms with Crippen LogP contribution in [-0.4, -0.2) is 55.2 Å². The zero-order chi connectivity index (χ0) is 12.7. The smallest absolute Gasteiger partial charge is 0.326 e. The highest BCUT2D eigenvalue weighted by atomic mass is 16.4. The largest absolute Gasteiger partial charge is 0.480 e. The number of carbonyl (C=O) groups is 2. The molecule has 16 heavy (non-hydrogen) atoms. The zero-order valence-electron chi connectivity index (χ0n) is 10.3. The number of hydrogen-bond donors (Lipinski definition) is 3. The van der Waals surface area contributed by atoms with Crippen molar-refractivity contribution in [1.82, 2.24) is 15.5 Å². The molecule has 6 nitrogen and oxygen atoms in total. The molecule has 0 aromatic carbocycles. The first-order valence-electron chi connectivity index (χ1n) is 5.26. The number of nitrogens with one attached hydrogen (secondary N) is 2. The van der Waals surface area contributed by atoms with E-state index in [4.69, 9.17) is 5.11 Å². The SMILES string of the molecule is CC(C)[C@H](NC(=O)NCCN(C)C)C(=O)O. The van der Waals surface area contributed by atoms with Gasteiger partial charge in [0, 0.05) is 13.1 Å². The highest BCUT2D eigenvalue weighted by Crippen LogP contribution is 2.00. The summed E-state index contributed by atoms with van der Waals surface area (Å²) in [5, 5.41) is 13.9.